The van der Waals surface area contributed by atoms with Gasteiger partial charge in [0.2, 0.25) is 10.0 Å². The summed E-state index contributed by atoms with van der Waals surface area (Å²) in [6.07, 6.45) is 0. The number of carboxylic acid groups (broad SMARTS) is 1. The lowest BCUT2D eigenvalue weighted by Crippen LogP contribution is -2.36. The van der Waals surface area contributed by atoms with Gasteiger partial charge in [-0.25, -0.2) is 17.9 Å². The van der Waals surface area contributed by atoms with Crippen LogP contribution in [0, 0.1) is 0 Å². The first-order valence-electron chi connectivity index (χ1n) is 5.91. The molecule has 1 aromatic carbocycles. The molecule has 0 aromatic heterocycles. The Bertz CT molecular complexity index is 588. The molecule has 0 aliphatic rings. The highest BCUT2D eigenvalue weighted by atomic mass is 35.5. The SMILES string of the molecule is CCOCC(C)NS(=O)(=O)c1ccc(Cl)c(C(=O)O)c1. The fourth-order valence-electron chi connectivity index (χ4n) is 1.50. The topological polar surface area (TPSA) is 92.7 Å². The number of carboxylic acids is 1. The van der Waals surface area contributed by atoms with Crippen molar-refractivity contribution in [3.63, 3.8) is 0 Å². The molecule has 0 aliphatic heterocycles. The fraction of sp³-hybridized carbons (Fsp3) is 0.417. The van der Waals surface area contributed by atoms with Gasteiger partial charge in [-0.1, -0.05) is 11.6 Å². The molecule has 0 amide bonds. The third kappa shape index (κ3) is 4.45. The van der Waals surface area contributed by atoms with Crippen LogP contribution in [0.25, 0.3) is 0 Å². The van der Waals surface area contributed by atoms with Crippen molar-refractivity contribution < 1.29 is 23.1 Å². The van der Waals surface area contributed by atoms with Crippen LogP contribution < -0.4 is 4.72 Å². The van der Waals surface area contributed by atoms with Crippen LogP contribution in [0.15, 0.2) is 23.1 Å². The van der Waals surface area contributed by atoms with Crippen LogP contribution >= 0.6 is 11.6 Å². The molecule has 6 nitrogen and oxygen atoms in total. The van der Waals surface area contributed by atoms with Crippen molar-refractivity contribution in [3.8, 4) is 0 Å². The molecule has 0 heterocycles. The maximum Gasteiger partial charge on any atom is 0.337 e. The quantitative estimate of drug-likeness (QED) is 0.798. The van der Waals surface area contributed by atoms with Crippen LogP contribution in [0.2, 0.25) is 5.02 Å². The van der Waals surface area contributed by atoms with Gasteiger partial charge in [-0.3, -0.25) is 0 Å². The molecular formula is C12H16ClNO5S. The maximum atomic E-state index is 12.1. The van der Waals surface area contributed by atoms with Gasteiger partial charge < -0.3 is 9.84 Å². The van der Waals surface area contributed by atoms with E-state index in [0.29, 0.717) is 6.61 Å². The van der Waals surface area contributed by atoms with Crippen molar-refractivity contribution in [2.75, 3.05) is 13.2 Å². The van der Waals surface area contributed by atoms with E-state index in [1.165, 1.54) is 12.1 Å². The Hall–Kier alpha value is -1.15. The first-order chi connectivity index (χ1) is 9.27. The summed E-state index contributed by atoms with van der Waals surface area (Å²) in [4.78, 5) is 10.8. The van der Waals surface area contributed by atoms with E-state index in [9.17, 15) is 13.2 Å². The fourth-order valence-corrected chi connectivity index (χ4v) is 2.95. The molecule has 1 aromatic rings. The lowest BCUT2D eigenvalue weighted by atomic mass is 10.2. The standard InChI is InChI=1S/C12H16ClNO5S/c1-3-19-7-8(2)14-20(17,18)9-4-5-11(13)10(6-9)12(15)16/h4-6,8,14H,3,7H2,1-2H3,(H,15,16). The Kier molecular flexibility index (Phi) is 5.94. The number of carbonyl (C=O) groups is 1. The molecule has 0 fully saturated rings. The summed E-state index contributed by atoms with van der Waals surface area (Å²) in [5.74, 6) is -1.28. The third-order valence-electron chi connectivity index (χ3n) is 2.41. The van der Waals surface area contributed by atoms with Gasteiger partial charge in [0.1, 0.15) is 0 Å². The van der Waals surface area contributed by atoms with E-state index in [2.05, 4.69) is 4.72 Å². The molecule has 112 valence electrons. The summed E-state index contributed by atoms with van der Waals surface area (Å²) < 4.78 is 31.7. The zero-order valence-corrected chi connectivity index (χ0v) is 12.7. The van der Waals surface area contributed by atoms with Gasteiger partial charge in [0.15, 0.2) is 0 Å². The summed E-state index contributed by atoms with van der Waals surface area (Å²) in [5, 5.41) is 8.92. The molecular weight excluding hydrogens is 306 g/mol. The Morgan fingerprint density at radius 3 is 2.70 bits per heavy atom. The normalized spacial score (nSPS) is 13.2. The highest BCUT2D eigenvalue weighted by Gasteiger charge is 2.20. The average molecular weight is 322 g/mol. The van der Waals surface area contributed by atoms with E-state index in [1.807, 2.05) is 0 Å². The first-order valence-corrected chi connectivity index (χ1v) is 7.77. The largest absolute Gasteiger partial charge is 0.478 e. The van der Waals surface area contributed by atoms with Gasteiger partial charge in [-0.2, -0.15) is 0 Å². The van der Waals surface area contributed by atoms with E-state index < -0.39 is 22.0 Å². The molecule has 0 saturated heterocycles. The Morgan fingerprint density at radius 2 is 2.15 bits per heavy atom. The lowest BCUT2D eigenvalue weighted by Gasteiger charge is -2.14. The van der Waals surface area contributed by atoms with E-state index in [4.69, 9.17) is 21.4 Å². The van der Waals surface area contributed by atoms with Gasteiger partial charge in [0.25, 0.3) is 0 Å². The third-order valence-corrected chi connectivity index (χ3v) is 4.32. The first kappa shape index (κ1) is 16.9. The molecule has 0 saturated carbocycles. The van der Waals surface area contributed by atoms with Crippen molar-refractivity contribution in [1.29, 1.82) is 0 Å². The molecule has 20 heavy (non-hydrogen) atoms. The highest BCUT2D eigenvalue weighted by Crippen LogP contribution is 2.20. The molecule has 0 radical (unpaired) electrons. The maximum absolute atomic E-state index is 12.1. The summed E-state index contributed by atoms with van der Waals surface area (Å²) in [6.45, 7) is 4.17. The average Bonchev–Trinajstić information content (AvgIpc) is 2.35. The summed E-state index contributed by atoms with van der Waals surface area (Å²) in [7, 11) is -3.81. The van der Waals surface area contributed by atoms with Crippen LogP contribution in [-0.4, -0.2) is 38.7 Å². The van der Waals surface area contributed by atoms with Crippen LogP contribution in [0.5, 0.6) is 0 Å². The minimum absolute atomic E-state index is 0.0150. The van der Waals surface area contributed by atoms with Gasteiger partial charge in [0.05, 0.1) is 22.1 Å². The van der Waals surface area contributed by atoms with Crippen molar-refractivity contribution in [2.45, 2.75) is 24.8 Å². The molecule has 1 unspecified atom stereocenters. The summed E-state index contributed by atoms with van der Waals surface area (Å²) in [6, 6.07) is 3.10. The van der Waals surface area contributed by atoms with E-state index >= 15 is 0 Å². The lowest BCUT2D eigenvalue weighted by molar-refractivity contribution is 0.0697. The molecule has 8 heteroatoms. The predicted octanol–water partition coefficient (Wildman–Crippen LogP) is 1.74. The number of nitrogens with one attached hydrogen (secondary N) is 1. The number of sulfonamides is 1. The van der Waals surface area contributed by atoms with Crippen molar-refractivity contribution >= 4 is 27.6 Å². The van der Waals surface area contributed by atoms with Crippen molar-refractivity contribution in [2.24, 2.45) is 0 Å². The van der Waals surface area contributed by atoms with Gasteiger partial charge in [-0.15, -0.1) is 0 Å². The van der Waals surface area contributed by atoms with Crippen LogP contribution in [0.1, 0.15) is 24.2 Å². The number of ether oxygens (including phenoxy) is 1. The minimum atomic E-state index is -3.81. The van der Waals surface area contributed by atoms with Crippen LogP contribution in [0.4, 0.5) is 0 Å². The second-order valence-corrected chi connectivity index (χ2v) is 6.25. The van der Waals surface area contributed by atoms with Crippen LogP contribution in [-0.2, 0) is 14.8 Å². The molecule has 0 bridgehead atoms. The number of benzene rings is 1. The van der Waals surface area contributed by atoms with Gasteiger partial charge >= 0.3 is 5.97 Å². The Balaban J connectivity index is 2.98. The zero-order chi connectivity index (χ0) is 15.3. The number of hydrogen-bond donors (Lipinski definition) is 2. The van der Waals surface area contributed by atoms with Crippen molar-refractivity contribution in [1.82, 2.24) is 4.72 Å². The van der Waals surface area contributed by atoms with Crippen LogP contribution in [0.3, 0.4) is 0 Å². The zero-order valence-electron chi connectivity index (χ0n) is 11.1. The second-order valence-electron chi connectivity index (χ2n) is 4.13. The number of rotatable bonds is 7. The van der Waals surface area contributed by atoms with E-state index in [1.54, 1.807) is 13.8 Å². The van der Waals surface area contributed by atoms with Gasteiger partial charge in [0, 0.05) is 12.6 Å². The smallest absolute Gasteiger partial charge is 0.337 e. The Morgan fingerprint density at radius 1 is 1.50 bits per heavy atom. The van der Waals surface area contributed by atoms with E-state index in [0.717, 1.165) is 6.07 Å². The minimum Gasteiger partial charge on any atom is -0.478 e. The molecule has 2 N–H and O–H groups in total. The second kappa shape index (κ2) is 7.03. The summed E-state index contributed by atoms with van der Waals surface area (Å²) >= 11 is 5.70. The predicted molar refractivity (Wildman–Crippen MR) is 74.7 cm³/mol. The number of hydrogen-bond acceptors (Lipinski definition) is 4. The Labute approximate surface area is 122 Å². The molecule has 1 atom stereocenters. The number of aromatic carboxylic acids is 1. The number of halogens is 1. The monoisotopic (exact) mass is 321 g/mol. The molecule has 1 rings (SSSR count). The van der Waals surface area contributed by atoms with Gasteiger partial charge in [-0.05, 0) is 32.0 Å². The highest BCUT2D eigenvalue weighted by molar-refractivity contribution is 7.89. The molecule has 0 spiro atoms. The van der Waals surface area contributed by atoms with Crippen molar-refractivity contribution in [3.05, 3.63) is 28.8 Å². The summed E-state index contributed by atoms with van der Waals surface area (Å²) in [5.41, 5.74) is -0.257. The molecule has 0 aliphatic carbocycles. The van der Waals surface area contributed by atoms with E-state index in [-0.39, 0.29) is 22.1 Å².